The van der Waals surface area contributed by atoms with E-state index in [1.54, 1.807) is 0 Å². The molecule has 0 aliphatic heterocycles. The number of carbonyl (C=O) groups is 2. The Hall–Kier alpha value is -3.76. The Labute approximate surface area is 177 Å². The first-order valence-corrected chi connectivity index (χ1v) is 10.2. The summed E-state index contributed by atoms with van der Waals surface area (Å²) < 4.78 is 1.01. The van der Waals surface area contributed by atoms with Gasteiger partial charge in [0.05, 0.1) is 29.3 Å². The number of hydrogen-bond donors (Lipinski definition) is 2. The number of fused-ring (bicyclic) bond motifs is 2. The molecule has 30 heavy (non-hydrogen) atoms. The molecule has 0 fully saturated rings. The highest BCUT2D eigenvalue weighted by atomic mass is 32.1. The molecular weight excluding hydrogens is 396 g/mol. The van der Waals surface area contributed by atoms with Gasteiger partial charge in [0.15, 0.2) is 0 Å². The largest absolute Gasteiger partial charge is 0.347 e. The number of nitrogens with zero attached hydrogens (tertiary/aromatic N) is 2. The molecule has 0 atom stereocenters. The summed E-state index contributed by atoms with van der Waals surface area (Å²) in [7, 11) is 0. The monoisotopic (exact) mass is 414 g/mol. The van der Waals surface area contributed by atoms with E-state index >= 15 is 0 Å². The molecule has 0 bridgehead atoms. The molecule has 0 radical (unpaired) electrons. The molecule has 6 nitrogen and oxygen atoms in total. The smallest absolute Gasteiger partial charge is 0.240 e. The third kappa shape index (κ3) is 4.29. The normalized spacial score (nSPS) is 10.6. The summed E-state index contributed by atoms with van der Waals surface area (Å²) >= 11 is 1.47. The standard InChI is InChI=1S/C23H18N4O2S/c24-10-11-25-22(29)14-26-21(28)13-23-27-19-12-16(8-9-20(19)30-23)18-7-3-5-15-4-1-2-6-17(15)18/h1-9,12H,11,13-14H2,(H,25,29)(H,26,28). The SMILES string of the molecule is N#CCNC(=O)CNC(=O)Cc1nc2cc(-c3cccc4ccccc34)ccc2s1. The first-order chi connectivity index (χ1) is 14.6. The van der Waals surface area contributed by atoms with Crippen molar-refractivity contribution in [3.8, 4) is 17.2 Å². The quantitative estimate of drug-likeness (QED) is 0.473. The molecule has 0 saturated heterocycles. The molecular formula is C23H18N4O2S. The highest BCUT2D eigenvalue weighted by Crippen LogP contribution is 2.32. The summed E-state index contributed by atoms with van der Waals surface area (Å²) in [6.07, 6.45) is 0.106. The van der Waals surface area contributed by atoms with Crippen molar-refractivity contribution in [2.75, 3.05) is 13.1 Å². The molecule has 7 heteroatoms. The van der Waals surface area contributed by atoms with Crippen LogP contribution in [0.25, 0.3) is 32.1 Å². The Kier molecular flexibility index (Phi) is 5.68. The highest BCUT2D eigenvalue weighted by molar-refractivity contribution is 7.18. The fraction of sp³-hybridized carbons (Fsp3) is 0.130. The zero-order valence-electron chi connectivity index (χ0n) is 16.0. The number of hydrogen-bond acceptors (Lipinski definition) is 5. The van der Waals surface area contributed by atoms with Gasteiger partial charge in [-0.2, -0.15) is 5.26 Å². The Bertz CT molecular complexity index is 1280. The lowest BCUT2D eigenvalue weighted by molar-refractivity contribution is -0.125. The van der Waals surface area contributed by atoms with Crippen LogP contribution < -0.4 is 10.6 Å². The summed E-state index contributed by atoms with van der Waals surface area (Å²) in [5, 5.41) is 16.4. The molecule has 0 spiro atoms. The van der Waals surface area contributed by atoms with Gasteiger partial charge in [-0.05, 0) is 34.0 Å². The van der Waals surface area contributed by atoms with Crippen molar-refractivity contribution in [1.29, 1.82) is 5.26 Å². The topological polar surface area (TPSA) is 94.9 Å². The maximum atomic E-state index is 12.1. The van der Waals surface area contributed by atoms with Crippen LogP contribution >= 0.6 is 11.3 Å². The maximum Gasteiger partial charge on any atom is 0.240 e. The van der Waals surface area contributed by atoms with Crippen LogP contribution in [0, 0.1) is 11.3 Å². The number of amides is 2. The molecule has 1 heterocycles. The molecule has 1 aromatic heterocycles. The van der Waals surface area contributed by atoms with Crippen LogP contribution in [-0.2, 0) is 16.0 Å². The van der Waals surface area contributed by atoms with Crippen molar-refractivity contribution >= 4 is 44.1 Å². The van der Waals surface area contributed by atoms with Crippen LogP contribution in [0.5, 0.6) is 0 Å². The Morgan fingerprint density at radius 1 is 1.00 bits per heavy atom. The molecule has 0 unspecified atom stereocenters. The Morgan fingerprint density at radius 3 is 2.70 bits per heavy atom. The van der Waals surface area contributed by atoms with Crippen molar-refractivity contribution in [3.05, 3.63) is 65.7 Å². The lowest BCUT2D eigenvalue weighted by Gasteiger charge is -2.06. The van der Waals surface area contributed by atoms with Crippen LogP contribution in [-0.4, -0.2) is 29.9 Å². The minimum Gasteiger partial charge on any atom is -0.347 e. The predicted molar refractivity (Wildman–Crippen MR) is 118 cm³/mol. The van der Waals surface area contributed by atoms with Crippen molar-refractivity contribution < 1.29 is 9.59 Å². The third-order valence-electron chi connectivity index (χ3n) is 4.66. The van der Waals surface area contributed by atoms with Gasteiger partial charge in [-0.1, -0.05) is 48.5 Å². The molecule has 2 N–H and O–H groups in total. The molecule has 0 aliphatic carbocycles. The summed E-state index contributed by atoms with van der Waals surface area (Å²) in [5.41, 5.74) is 3.07. The summed E-state index contributed by atoms with van der Waals surface area (Å²) in [5.74, 6) is -0.677. The van der Waals surface area contributed by atoms with Gasteiger partial charge in [0.2, 0.25) is 11.8 Å². The van der Waals surface area contributed by atoms with Crippen molar-refractivity contribution in [3.63, 3.8) is 0 Å². The van der Waals surface area contributed by atoms with Gasteiger partial charge in [-0.3, -0.25) is 9.59 Å². The summed E-state index contributed by atoms with van der Waals surface area (Å²) in [6.45, 7) is -0.234. The summed E-state index contributed by atoms with van der Waals surface area (Å²) in [4.78, 5) is 28.2. The second-order valence-electron chi connectivity index (χ2n) is 6.71. The van der Waals surface area contributed by atoms with Crippen LogP contribution in [0.3, 0.4) is 0 Å². The predicted octanol–water partition coefficient (Wildman–Crippen LogP) is 3.41. The number of rotatable bonds is 6. The van der Waals surface area contributed by atoms with E-state index in [0.29, 0.717) is 5.01 Å². The lowest BCUT2D eigenvalue weighted by atomic mass is 9.98. The third-order valence-corrected chi connectivity index (χ3v) is 5.69. The number of aromatic nitrogens is 1. The van der Waals surface area contributed by atoms with Crippen molar-refractivity contribution in [1.82, 2.24) is 15.6 Å². The molecule has 0 saturated carbocycles. The molecule has 4 aromatic rings. The lowest BCUT2D eigenvalue weighted by Crippen LogP contribution is -2.37. The van der Waals surface area contributed by atoms with Gasteiger partial charge < -0.3 is 10.6 Å². The Morgan fingerprint density at radius 2 is 1.83 bits per heavy atom. The van der Waals surface area contributed by atoms with Crippen LogP contribution in [0.1, 0.15) is 5.01 Å². The van der Waals surface area contributed by atoms with E-state index < -0.39 is 5.91 Å². The van der Waals surface area contributed by atoms with Gasteiger partial charge >= 0.3 is 0 Å². The average molecular weight is 414 g/mol. The van der Waals surface area contributed by atoms with Crippen LogP contribution in [0.4, 0.5) is 0 Å². The average Bonchev–Trinajstić information content (AvgIpc) is 3.17. The molecule has 148 valence electrons. The van der Waals surface area contributed by atoms with Gasteiger partial charge in [-0.25, -0.2) is 4.98 Å². The van der Waals surface area contributed by atoms with E-state index in [4.69, 9.17) is 5.26 Å². The minimum absolute atomic E-state index is 0.0778. The zero-order chi connectivity index (χ0) is 20.9. The number of thiazole rings is 1. The Balaban J connectivity index is 1.51. The van der Waals surface area contributed by atoms with Crippen LogP contribution in [0.15, 0.2) is 60.7 Å². The van der Waals surface area contributed by atoms with E-state index in [-0.39, 0.29) is 25.4 Å². The first-order valence-electron chi connectivity index (χ1n) is 9.42. The first kappa shape index (κ1) is 19.6. The molecule has 0 aliphatic rings. The fourth-order valence-corrected chi connectivity index (χ4v) is 4.22. The minimum atomic E-state index is -0.395. The molecule has 2 amide bonds. The highest BCUT2D eigenvalue weighted by Gasteiger charge is 2.12. The van der Waals surface area contributed by atoms with Crippen LogP contribution in [0.2, 0.25) is 0 Å². The fourth-order valence-electron chi connectivity index (χ4n) is 3.27. The zero-order valence-corrected chi connectivity index (χ0v) is 16.8. The van der Waals surface area contributed by atoms with Gasteiger partial charge in [0.1, 0.15) is 11.6 Å². The van der Waals surface area contributed by atoms with Gasteiger partial charge in [0.25, 0.3) is 0 Å². The van der Waals surface area contributed by atoms with E-state index in [2.05, 4.69) is 45.9 Å². The van der Waals surface area contributed by atoms with E-state index in [1.165, 1.54) is 22.1 Å². The number of nitriles is 1. The number of nitrogens with one attached hydrogen (secondary N) is 2. The van der Waals surface area contributed by atoms with Crippen molar-refractivity contribution in [2.24, 2.45) is 0 Å². The molecule has 3 aromatic carbocycles. The number of carbonyl (C=O) groups excluding carboxylic acids is 2. The van der Waals surface area contributed by atoms with E-state index in [0.717, 1.165) is 21.3 Å². The van der Waals surface area contributed by atoms with Crippen molar-refractivity contribution in [2.45, 2.75) is 6.42 Å². The van der Waals surface area contributed by atoms with Gasteiger partial charge in [-0.15, -0.1) is 11.3 Å². The number of benzene rings is 3. The van der Waals surface area contributed by atoms with E-state index in [1.807, 2.05) is 36.4 Å². The second kappa shape index (κ2) is 8.72. The van der Waals surface area contributed by atoms with Gasteiger partial charge in [0, 0.05) is 0 Å². The summed E-state index contributed by atoms with van der Waals surface area (Å²) in [6, 6.07) is 22.5. The maximum absolute atomic E-state index is 12.1. The van der Waals surface area contributed by atoms with E-state index in [9.17, 15) is 9.59 Å². The molecule has 4 rings (SSSR count). The second-order valence-corrected chi connectivity index (χ2v) is 7.82.